The number of amides is 2. The molecule has 0 aromatic heterocycles. The molecule has 1 aliphatic rings. The molecule has 0 spiro atoms. The first kappa shape index (κ1) is 18.1. The minimum absolute atomic E-state index is 0. The van der Waals surface area contributed by atoms with Crippen molar-refractivity contribution in [2.75, 3.05) is 19.8 Å². The van der Waals surface area contributed by atoms with Gasteiger partial charge < -0.3 is 21.1 Å². The fourth-order valence-electron chi connectivity index (χ4n) is 1.72. The molecule has 0 bridgehead atoms. The molecule has 0 aromatic rings. The van der Waals surface area contributed by atoms with Gasteiger partial charge in [-0.15, -0.1) is 12.4 Å². The monoisotopic (exact) mass is 293 g/mol. The summed E-state index contributed by atoms with van der Waals surface area (Å²) in [7, 11) is 0. The molecule has 2 atom stereocenters. The van der Waals surface area contributed by atoms with E-state index in [9.17, 15) is 9.59 Å². The van der Waals surface area contributed by atoms with E-state index in [2.05, 4.69) is 10.6 Å². The lowest BCUT2D eigenvalue weighted by Crippen LogP contribution is -2.49. The van der Waals surface area contributed by atoms with Crippen molar-refractivity contribution in [3.05, 3.63) is 0 Å². The summed E-state index contributed by atoms with van der Waals surface area (Å²) in [5.41, 5.74) is 5.67. The van der Waals surface area contributed by atoms with Crippen LogP contribution in [0.3, 0.4) is 0 Å². The van der Waals surface area contributed by atoms with Gasteiger partial charge in [0.1, 0.15) is 0 Å². The number of carbonyl (C=O) groups excluding carboxylic acids is 2. The average Bonchev–Trinajstić information content (AvgIpc) is 2.36. The van der Waals surface area contributed by atoms with E-state index in [1.54, 1.807) is 0 Å². The third-order valence-corrected chi connectivity index (χ3v) is 2.97. The van der Waals surface area contributed by atoms with Gasteiger partial charge in [0.15, 0.2) is 0 Å². The summed E-state index contributed by atoms with van der Waals surface area (Å²) in [5.74, 6) is -0.436. The molecule has 1 fully saturated rings. The van der Waals surface area contributed by atoms with Crippen molar-refractivity contribution in [2.24, 2.45) is 11.7 Å². The SMILES string of the molecule is CC(C)[C@H](N)C(=O)NCC(=O)NC1CCCOC1.Cl. The largest absolute Gasteiger partial charge is 0.379 e. The quantitative estimate of drug-likeness (QED) is 0.654. The Kier molecular flexibility index (Phi) is 8.71. The molecule has 1 heterocycles. The molecule has 1 aliphatic heterocycles. The molecule has 4 N–H and O–H groups in total. The highest BCUT2D eigenvalue weighted by molar-refractivity contribution is 5.87. The van der Waals surface area contributed by atoms with Gasteiger partial charge in [-0.05, 0) is 18.8 Å². The van der Waals surface area contributed by atoms with E-state index >= 15 is 0 Å². The fourth-order valence-corrected chi connectivity index (χ4v) is 1.72. The van der Waals surface area contributed by atoms with Crippen LogP contribution in [0.25, 0.3) is 0 Å². The standard InChI is InChI=1S/C12H23N3O3.ClH/c1-8(2)11(13)12(17)14-6-10(16)15-9-4-3-5-18-7-9;/h8-9,11H,3-7,13H2,1-2H3,(H,14,17)(H,15,16);1H/t9?,11-;/m0./s1. The summed E-state index contributed by atoms with van der Waals surface area (Å²) in [6.07, 6.45) is 1.88. The van der Waals surface area contributed by atoms with Crippen molar-refractivity contribution in [3.8, 4) is 0 Å². The van der Waals surface area contributed by atoms with Crippen LogP contribution in [0, 0.1) is 5.92 Å². The van der Waals surface area contributed by atoms with Crippen LogP contribution in [0.4, 0.5) is 0 Å². The van der Waals surface area contributed by atoms with Crippen molar-refractivity contribution in [1.29, 1.82) is 0 Å². The highest BCUT2D eigenvalue weighted by Crippen LogP contribution is 2.05. The number of halogens is 1. The summed E-state index contributed by atoms with van der Waals surface area (Å²) >= 11 is 0. The van der Waals surface area contributed by atoms with Crippen LogP contribution >= 0.6 is 12.4 Å². The molecule has 1 rings (SSSR count). The molecule has 0 saturated carbocycles. The average molecular weight is 294 g/mol. The van der Waals surface area contributed by atoms with Gasteiger partial charge in [0, 0.05) is 6.61 Å². The first-order valence-corrected chi connectivity index (χ1v) is 6.41. The second-order valence-corrected chi connectivity index (χ2v) is 4.97. The van der Waals surface area contributed by atoms with Crippen LogP contribution in [-0.2, 0) is 14.3 Å². The molecule has 2 amide bonds. The topological polar surface area (TPSA) is 93.5 Å². The minimum atomic E-state index is -0.573. The second-order valence-electron chi connectivity index (χ2n) is 4.97. The van der Waals surface area contributed by atoms with Gasteiger partial charge in [-0.25, -0.2) is 0 Å². The van der Waals surface area contributed by atoms with Gasteiger partial charge in [0.25, 0.3) is 0 Å². The Bertz CT molecular complexity index is 294. The zero-order valence-electron chi connectivity index (χ0n) is 11.5. The lowest BCUT2D eigenvalue weighted by molar-refractivity contribution is -0.128. The molecule has 0 aliphatic carbocycles. The molecular weight excluding hydrogens is 270 g/mol. The Morgan fingerprint density at radius 3 is 2.63 bits per heavy atom. The number of rotatable bonds is 5. The highest BCUT2D eigenvalue weighted by atomic mass is 35.5. The van der Waals surface area contributed by atoms with Crippen LogP contribution in [0.5, 0.6) is 0 Å². The zero-order chi connectivity index (χ0) is 13.5. The highest BCUT2D eigenvalue weighted by Gasteiger charge is 2.19. The Morgan fingerprint density at radius 1 is 1.42 bits per heavy atom. The Morgan fingerprint density at radius 2 is 2.11 bits per heavy atom. The van der Waals surface area contributed by atoms with Crippen molar-refractivity contribution in [3.63, 3.8) is 0 Å². The van der Waals surface area contributed by atoms with Crippen LogP contribution in [0.15, 0.2) is 0 Å². The third kappa shape index (κ3) is 6.75. The van der Waals surface area contributed by atoms with E-state index in [0.29, 0.717) is 6.61 Å². The molecule has 1 unspecified atom stereocenters. The van der Waals surface area contributed by atoms with Crippen LogP contribution in [-0.4, -0.2) is 43.7 Å². The van der Waals surface area contributed by atoms with Crippen molar-refractivity contribution < 1.29 is 14.3 Å². The summed E-state index contributed by atoms with van der Waals surface area (Å²) in [6, 6.07) is -0.516. The van der Waals surface area contributed by atoms with Crippen LogP contribution in [0.2, 0.25) is 0 Å². The molecular formula is C12H24ClN3O3. The predicted octanol–water partition coefficient (Wildman–Crippen LogP) is -0.197. The van der Waals surface area contributed by atoms with Crippen LogP contribution < -0.4 is 16.4 Å². The summed E-state index contributed by atoms with van der Waals surface area (Å²) in [4.78, 5) is 23.1. The molecule has 7 heteroatoms. The van der Waals surface area contributed by atoms with E-state index in [0.717, 1.165) is 19.4 Å². The van der Waals surface area contributed by atoms with E-state index in [1.165, 1.54) is 0 Å². The van der Waals surface area contributed by atoms with E-state index in [-0.39, 0.29) is 42.7 Å². The van der Waals surface area contributed by atoms with Gasteiger partial charge >= 0.3 is 0 Å². The molecule has 19 heavy (non-hydrogen) atoms. The van der Waals surface area contributed by atoms with E-state index in [1.807, 2.05) is 13.8 Å². The number of hydrogen-bond donors (Lipinski definition) is 3. The predicted molar refractivity (Wildman–Crippen MR) is 75.1 cm³/mol. The summed E-state index contributed by atoms with van der Waals surface area (Å²) in [5, 5.41) is 5.36. The van der Waals surface area contributed by atoms with Gasteiger partial charge in [0.2, 0.25) is 11.8 Å². The normalized spacial score (nSPS) is 20.3. The Balaban J connectivity index is 0.00000324. The van der Waals surface area contributed by atoms with Crippen molar-refractivity contribution >= 4 is 24.2 Å². The lowest BCUT2D eigenvalue weighted by atomic mass is 10.1. The molecule has 112 valence electrons. The Hall–Kier alpha value is -0.850. The maximum Gasteiger partial charge on any atom is 0.239 e. The number of carbonyl (C=O) groups is 2. The van der Waals surface area contributed by atoms with Gasteiger partial charge in [0.05, 0.1) is 25.2 Å². The maximum absolute atomic E-state index is 11.6. The summed E-state index contributed by atoms with van der Waals surface area (Å²) in [6.45, 7) is 5.00. The second kappa shape index (κ2) is 9.12. The number of hydrogen-bond acceptors (Lipinski definition) is 4. The maximum atomic E-state index is 11.6. The number of ether oxygens (including phenoxy) is 1. The third-order valence-electron chi connectivity index (χ3n) is 2.97. The molecule has 0 radical (unpaired) electrons. The number of nitrogens with one attached hydrogen (secondary N) is 2. The first-order chi connectivity index (χ1) is 8.50. The fraction of sp³-hybridized carbons (Fsp3) is 0.833. The van der Waals surface area contributed by atoms with Crippen molar-refractivity contribution in [2.45, 2.75) is 38.8 Å². The molecule has 0 aromatic carbocycles. The lowest BCUT2D eigenvalue weighted by Gasteiger charge is -2.23. The van der Waals surface area contributed by atoms with Gasteiger partial charge in [-0.1, -0.05) is 13.8 Å². The van der Waals surface area contributed by atoms with Crippen LogP contribution in [0.1, 0.15) is 26.7 Å². The molecule has 1 saturated heterocycles. The van der Waals surface area contributed by atoms with Crippen molar-refractivity contribution in [1.82, 2.24) is 10.6 Å². The first-order valence-electron chi connectivity index (χ1n) is 6.41. The number of nitrogens with two attached hydrogens (primary N) is 1. The minimum Gasteiger partial charge on any atom is -0.379 e. The van der Waals surface area contributed by atoms with Gasteiger partial charge in [-0.3, -0.25) is 9.59 Å². The van der Waals surface area contributed by atoms with Gasteiger partial charge in [-0.2, -0.15) is 0 Å². The van der Waals surface area contributed by atoms with E-state index < -0.39 is 6.04 Å². The summed E-state index contributed by atoms with van der Waals surface area (Å²) < 4.78 is 5.26. The van der Waals surface area contributed by atoms with E-state index in [4.69, 9.17) is 10.5 Å². The Labute approximate surface area is 120 Å². The zero-order valence-corrected chi connectivity index (χ0v) is 12.3. The smallest absolute Gasteiger partial charge is 0.239 e. The molecule has 6 nitrogen and oxygen atoms in total.